The number of methoxy groups -OCH3 is 1. The molecule has 0 saturated carbocycles. The van der Waals surface area contributed by atoms with E-state index in [0.29, 0.717) is 0 Å². The largest absolute Gasteiger partial charge is 0.495 e. The van der Waals surface area contributed by atoms with Crippen LogP contribution in [0.25, 0.3) is 0 Å². The van der Waals surface area contributed by atoms with E-state index in [1.807, 2.05) is 56.3 Å². The number of nitrogens with one attached hydrogen (secondary N) is 2. The summed E-state index contributed by atoms with van der Waals surface area (Å²) in [5.41, 5.74) is 4.38. The fraction of sp³-hybridized carbons (Fsp3) is 0.208. The van der Waals surface area contributed by atoms with Crippen LogP contribution in [0.3, 0.4) is 0 Å². The molecule has 0 aliphatic carbocycles. The van der Waals surface area contributed by atoms with Crippen molar-refractivity contribution < 1.29 is 17.9 Å². The number of sulfonamides is 1. The van der Waals surface area contributed by atoms with Gasteiger partial charge in [-0.2, -0.15) is 0 Å². The first-order valence-electron chi connectivity index (χ1n) is 9.81. The third-order valence-corrected chi connectivity index (χ3v) is 6.69. The molecular formula is C24H26N2O4S. The van der Waals surface area contributed by atoms with Gasteiger partial charge in [0.15, 0.2) is 0 Å². The van der Waals surface area contributed by atoms with E-state index in [-0.39, 0.29) is 28.2 Å². The molecule has 0 heterocycles. The summed E-state index contributed by atoms with van der Waals surface area (Å²) in [6.45, 7) is 4.07. The van der Waals surface area contributed by atoms with Crippen LogP contribution in [0.4, 0.5) is 0 Å². The van der Waals surface area contributed by atoms with Gasteiger partial charge in [-0.15, -0.1) is 0 Å². The highest BCUT2D eigenvalue weighted by atomic mass is 32.2. The Labute approximate surface area is 183 Å². The van der Waals surface area contributed by atoms with Crippen LogP contribution in [-0.4, -0.2) is 28.5 Å². The highest BCUT2D eigenvalue weighted by Gasteiger charge is 2.22. The van der Waals surface area contributed by atoms with Gasteiger partial charge < -0.3 is 10.1 Å². The molecule has 1 unspecified atom stereocenters. The minimum absolute atomic E-state index is 0.0902. The van der Waals surface area contributed by atoms with Crippen molar-refractivity contribution in [1.29, 1.82) is 0 Å². The lowest BCUT2D eigenvalue weighted by Gasteiger charge is -2.21. The Kier molecular flexibility index (Phi) is 6.77. The Morgan fingerprint density at radius 3 is 2.23 bits per heavy atom. The molecule has 3 rings (SSSR count). The number of hydrogen-bond acceptors (Lipinski definition) is 4. The third-order valence-electron chi connectivity index (χ3n) is 5.26. The van der Waals surface area contributed by atoms with Gasteiger partial charge in [-0.1, -0.05) is 48.5 Å². The molecule has 0 aliphatic heterocycles. The lowest BCUT2D eigenvalue weighted by Crippen LogP contribution is -2.30. The minimum atomic E-state index is -3.80. The first kappa shape index (κ1) is 22.5. The third kappa shape index (κ3) is 4.95. The summed E-state index contributed by atoms with van der Waals surface area (Å²) in [5, 5.41) is 3.05. The number of carbonyl (C=O) groups is 1. The van der Waals surface area contributed by atoms with E-state index in [9.17, 15) is 13.2 Å². The van der Waals surface area contributed by atoms with E-state index < -0.39 is 10.0 Å². The van der Waals surface area contributed by atoms with Crippen molar-refractivity contribution in [2.24, 2.45) is 0 Å². The van der Waals surface area contributed by atoms with Crippen molar-refractivity contribution in [2.75, 3.05) is 14.2 Å². The quantitative estimate of drug-likeness (QED) is 0.589. The monoisotopic (exact) mass is 438 g/mol. The number of hydrogen-bond donors (Lipinski definition) is 2. The maximum atomic E-state index is 13.2. The summed E-state index contributed by atoms with van der Waals surface area (Å²) in [5.74, 6) is -0.220. The fourth-order valence-corrected chi connectivity index (χ4v) is 4.22. The molecule has 7 heteroatoms. The van der Waals surface area contributed by atoms with Crippen LogP contribution in [0.15, 0.2) is 71.6 Å². The van der Waals surface area contributed by atoms with Gasteiger partial charge in [-0.05, 0) is 61.3 Å². The lowest BCUT2D eigenvalue weighted by atomic mass is 9.95. The zero-order valence-corrected chi connectivity index (χ0v) is 18.8. The van der Waals surface area contributed by atoms with Crippen LogP contribution in [0, 0.1) is 13.8 Å². The molecular weight excluding hydrogens is 412 g/mol. The minimum Gasteiger partial charge on any atom is -0.495 e. The molecule has 0 aliphatic rings. The molecule has 1 amide bonds. The number of rotatable bonds is 7. The van der Waals surface area contributed by atoms with E-state index >= 15 is 0 Å². The molecule has 6 nitrogen and oxygen atoms in total. The zero-order chi connectivity index (χ0) is 22.6. The molecule has 162 valence electrons. The molecule has 1 atom stereocenters. The zero-order valence-electron chi connectivity index (χ0n) is 18.0. The summed E-state index contributed by atoms with van der Waals surface area (Å²) in [4.78, 5) is 13.1. The van der Waals surface area contributed by atoms with Gasteiger partial charge in [-0.25, -0.2) is 13.1 Å². The maximum absolute atomic E-state index is 13.2. The van der Waals surface area contributed by atoms with Crippen LogP contribution >= 0.6 is 0 Å². The second-order valence-electron chi connectivity index (χ2n) is 7.23. The molecule has 0 spiro atoms. The average molecular weight is 439 g/mol. The van der Waals surface area contributed by atoms with Gasteiger partial charge in [0.1, 0.15) is 10.6 Å². The summed E-state index contributed by atoms with van der Waals surface area (Å²) in [6, 6.07) is 19.7. The number of aryl methyl sites for hydroxylation is 2. The summed E-state index contributed by atoms with van der Waals surface area (Å²) >= 11 is 0. The molecule has 31 heavy (non-hydrogen) atoms. The Bertz CT molecular complexity index is 1190. The number of benzene rings is 3. The molecule has 0 bridgehead atoms. The van der Waals surface area contributed by atoms with Crippen molar-refractivity contribution in [2.45, 2.75) is 24.8 Å². The van der Waals surface area contributed by atoms with Crippen molar-refractivity contribution >= 4 is 15.9 Å². The van der Waals surface area contributed by atoms with Crippen LogP contribution in [-0.2, 0) is 10.0 Å². The van der Waals surface area contributed by atoms with Crippen LogP contribution in [0.1, 0.15) is 38.7 Å². The number of amides is 1. The van der Waals surface area contributed by atoms with Crippen molar-refractivity contribution in [1.82, 2.24) is 10.0 Å². The van der Waals surface area contributed by atoms with Crippen molar-refractivity contribution in [3.05, 3.63) is 94.5 Å². The Balaban J connectivity index is 2.01. The highest BCUT2D eigenvalue weighted by molar-refractivity contribution is 7.89. The predicted octanol–water partition coefficient (Wildman–Crippen LogP) is 3.74. The van der Waals surface area contributed by atoms with Gasteiger partial charge in [0.05, 0.1) is 13.2 Å². The second-order valence-corrected chi connectivity index (χ2v) is 9.09. The predicted molar refractivity (Wildman–Crippen MR) is 121 cm³/mol. The Hall–Kier alpha value is -3.16. The maximum Gasteiger partial charge on any atom is 0.252 e. The Morgan fingerprint density at radius 1 is 0.903 bits per heavy atom. The molecule has 0 fully saturated rings. The van der Waals surface area contributed by atoms with Gasteiger partial charge >= 0.3 is 0 Å². The average Bonchev–Trinajstić information content (AvgIpc) is 2.79. The first-order chi connectivity index (χ1) is 14.8. The van der Waals surface area contributed by atoms with Gasteiger partial charge in [0.25, 0.3) is 5.91 Å². The molecule has 2 N–H and O–H groups in total. The van der Waals surface area contributed by atoms with E-state index in [2.05, 4.69) is 16.1 Å². The van der Waals surface area contributed by atoms with E-state index in [4.69, 9.17) is 4.74 Å². The molecule has 3 aromatic carbocycles. The van der Waals surface area contributed by atoms with Gasteiger partial charge in [-0.3, -0.25) is 4.79 Å². The Morgan fingerprint density at radius 2 is 1.61 bits per heavy atom. The first-order valence-corrected chi connectivity index (χ1v) is 11.3. The highest BCUT2D eigenvalue weighted by Crippen LogP contribution is 2.27. The van der Waals surface area contributed by atoms with E-state index in [0.717, 1.165) is 16.7 Å². The fourth-order valence-electron chi connectivity index (χ4n) is 3.30. The van der Waals surface area contributed by atoms with E-state index in [1.54, 1.807) is 6.07 Å². The van der Waals surface area contributed by atoms with E-state index in [1.165, 1.54) is 31.9 Å². The normalized spacial score (nSPS) is 12.3. The number of ether oxygens (including phenoxy) is 1. The number of carbonyl (C=O) groups excluding carboxylic acids is 1. The van der Waals surface area contributed by atoms with Crippen LogP contribution in [0.2, 0.25) is 0 Å². The SMILES string of the molecule is CNS(=O)(=O)c1cc(C(=O)NC(c2ccccc2)c2ccc(C)c(C)c2)ccc1OC. The van der Waals surface area contributed by atoms with Crippen LogP contribution < -0.4 is 14.8 Å². The molecule has 0 aromatic heterocycles. The lowest BCUT2D eigenvalue weighted by molar-refractivity contribution is 0.0942. The summed E-state index contributed by atoms with van der Waals surface area (Å²) < 4.78 is 32.2. The second kappa shape index (κ2) is 9.32. The topological polar surface area (TPSA) is 84.5 Å². The molecule has 3 aromatic rings. The van der Waals surface area contributed by atoms with Gasteiger partial charge in [0.2, 0.25) is 10.0 Å². The van der Waals surface area contributed by atoms with Crippen molar-refractivity contribution in [3.8, 4) is 5.75 Å². The van der Waals surface area contributed by atoms with Gasteiger partial charge in [0, 0.05) is 5.56 Å². The summed E-state index contributed by atoms with van der Waals surface area (Å²) in [7, 11) is -1.10. The smallest absolute Gasteiger partial charge is 0.252 e. The van der Waals surface area contributed by atoms with Crippen LogP contribution in [0.5, 0.6) is 5.75 Å². The summed E-state index contributed by atoms with van der Waals surface area (Å²) in [6.07, 6.45) is 0. The molecule has 0 saturated heterocycles. The molecule has 0 radical (unpaired) electrons. The standard InChI is InChI=1S/C24H26N2O4S/c1-16-10-11-19(14-17(16)2)23(18-8-6-5-7-9-18)26-24(27)20-12-13-21(30-4)22(15-20)31(28,29)25-3/h5-15,23,25H,1-4H3,(H,26,27). The van der Waals surface area contributed by atoms with Crippen molar-refractivity contribution in [3.63, 3.8) is 0 Å².